The highest BCUT2D eigenvalue weighted by molar-refractivity contribution is 5.84. The van der Waals surface area contributed by atoms with Gasteiger partial charge >= 0.3 is 0 Å². The molecule has 31 heavy (non-hydrogen) atoms. The highest BCUT2D eigenvalue weighted by Gasteiger charge is 2.14. The molecule has 0 fully saturated rings. The van der Waals surface area contributed by atoms with Crippen LogP contribution in [0.4, 0.5) is 0 Å². The number of hydrogen-bond acceptors (Lipinski definition) is 3. The minimum absolute atomic E-state index is 0.695. The maximum absolute atomic E-state index is 4.89. The van der Waals surface area contributed by atoms with Crippen LogP contribution in [0, 0.1) is 0 Å². The Labute approximate surface area is 182 Å². The molecule has 0 saturated heterocycles. The number of hydrogen-bond donors (Lipinski definition) is 0. The van der Waals surface area contributed by atoms with E-state index in [2.05, 4.69) is 71.4 Å². The van der Waals surface area contributed by atoms with Gasteiger partial charge in [-0.05, 0) is 55.2 Å². The first-order valence-corrected chi connectivity index (χ1v) is 11.1. The molecular weight excluding hydrogens is 382 g/mol. The third-order valence-electron chi connectivity index (χ3n) is 6.12. The third-order valence-corrected chi connectivity index (χ3v) is 6.12. The van der Waals surface area contributed by atoms with Crippen LogP contribution in [-0.4, -0.2) is 24.1 Å². The molecular formula is C26H27N5. The number of aromatic nitrogens is 5. The maximum Gasteiger partial charge on any atom is 0.160 e. The predicted octanol–water partition coefficient (Wildman–Crippen LogP) is 5.64. The van der Waals surface area contributed by atoms with Crippen LogP contribution in [0.15, 0.2) is 61.1 Å². The van der Waals surface area contributed by atoms with Gasteiger partial charge in [-0.3, -0.25) is 4.98 Å². The van der Waals surface area contributed by atoms with Gasteiger partial charge in [-0.1, -0.05) is 32.0 Å². The van der Waals surface area contributed by atoms with Crippen molar-refractivity contribution in [1.82, 2.24) is 24.1 Å². The standard InChI is InChI=1S/C26H27N5/c1-4-18-9-7-10-19(5-2)25(18)22-15-20-12-14-30(23(20)16-28-22)17-24-29-21-11-8-13-27-26(21)31(24)6-3/h7-16H,4-6,17H2,1-3H3. The number of aryl methyl sites for hydroxylation is 3. The molecule has 0 atom stereocenters. The third kappa shape index (κ3) is 3.30. The molecule has 0 saturated carbocycles. The van der Waals surface area contributed by atoms with E-state index in [-0.39, 0.29) is 0 Å². The summed E-state index contributed by atoms with van der Waals surface area (Å²) in [5.74, 6) is 1.02. The van der Waals surface area contributed by atoms with E-state index in [0.717, 1.165) is 47.6 Å². The summed E-state index contributed by atoms with van der Waals surface area (Å²) in [6.45, 7) is 8.10. The van der Waals surface area contributed by atoms with Gasteiger partial charge in [-0.25, -0.2) is 9.97 Å². The van der Waals surface area contributed by atoms with Crippen LogP contribution in [0.25, 0.3) is 33.3 Å². The van der Waals surface area contributed by atoms with Crippen molar-refractivity contribution < 1.29 is 0 Å². The minimum Gasteiger partial charge on any atom is -0.339 e. The molecule has 156 valence electrons. The molecule has 0 spiro atoms. The second-order valence-corrected chi connectivity index (χ2v) is 7.85. The Morgan fingerprint density at radius 1 is 0.903 bits per heavy atom. The summed E-state index contributed by atoms with van der Waals surface area (Å²) in [5, 5.41) is 1.20. The minimum atomic E-state index is 0.695. The number of imidazole rings is 1. The Hall–Kier alpha value is -3.47. The van der Waals surface area contributed by atoms with Gasteiger partial charge in [-0.2, -0.15) is 0 Å². The molecule has 0 N–H and O–H groups in total. The first-order chi connectivity index (χ1) is 15.2. The maximum atomic E-state index is 4.89. The van der Waals surface area contributed by atoms with Gasteiger partial charge in [0.25, 0.3) is 0 Å². The fourth-order valence-electron chi connectivity index (χ4n) is 4.54. The smallest absolute Gasteiger partial charge is 0.160 e. The zero-order valence-corrected chi connectivity index (χ0v) is 18.3. The van der Waals surface area contributed by atoms with Crippen molar-refractivity contribution in [3.8, 4) is 11.3 Å². The van der Waals surface area contributed by atoms with Gasteiger partial charge in [0.1, 0.15) is 11.3 Å². The summed E-state index contributed by atoms with van der Waals surface area (Å²) in [4.78, 5) is 14.2. The molecule has 0 aliphatic heterocycles. The van der Waals surface area contributed by atoms with Crippen molar-refractivity contribution in [2.24, 2.45) is 0 Å². The Bertz CT molecular complexity index is 1350. The van der Waals surface area contributed by atoms with Gasteiger partial charge in [0.05, 0.1) is 24.0 Å². The normalized spacial score (nSPS) is 11.6. The molecule has 0 unspecified atom stereocenters. The molecule has 0 aliphatic rings. The van der Waals surface area contributed by atoms with Crippen molar-refractivity contribution in [1.29, 1.82) is 0 Å². The van der Waals surface area contributed by atoms with E-state index in [1.54, 1.807) is 0 Å². The fraction of sp³-hybridized carbons (Fsp3) is 0.269. The van der Waals surface area contributed by atoms with E-state index < -0.39 is 0 Å². The largest absolute Gasteiger partial charge is 0.339 e. The summed E-state index contributed by atoms with van der Waals surface area (Å²) in [6, 6.07) is 15.0. The molecule has 5 rings (SSSR count). The first-order valence-electron chi connectivity index (χ1n) is 11.1. The lowest BCUT2D eigenvalue weighted by atomic mass is 9.94. The second-order valence-electron chi connectivity index (χ2n) is 7.85. The van der Waals surface area contributed by atoms with Crippen LogP contribution < -0.4 is 0 Å². The first kappa shape index (κ1) is 19.5. The topological polar surface area (TPSA) is 48.5 Å². The zero-order chi connectivity index (χ0) is 21.4. The summed E-state index contributed by atoms with van der Waals surface area (Å²) in [5.41, 5.74) is 8.08. The van der Waals surface area contributed by atoms with E-state index in [0.29, 0.717) is 6.54 Å². The molecule has 5 nitrogen and oxygen atoms in total. The number of rotatable bonds is 6. The van der Waals surface area contributed by atoms with E-state index in [4.69, 9.17) is 9.97 Å². The van der Waals surface area contributed by atoms with Gasteiger partial charge in [-0.15, -0.1) is 0 Å². The predicted molar refractivity (Wildman–Crippen MR) is 126 cm³/mol. The average Bonchev–Trinajstić information content (AvgIpc) is 3.38. The fourth-order valence-corrected chi connectivity index (χ4v) is 4.54. The van der Waals surface area contributed by atoms with Crippen molar-refractivity contribution in [3.63, 3.8) is 0 Å². The SMILES string of the molecule is CCc1cccc(CC)c1-c1cc2ccn(Cc3nc4cccnc4n3CC)c2cn1. The van der Waals surface area contributed by atoms with Crippen molar-refractivity contribution >= 4 is 22.1 Å². The lowest BCUT2D eigenvalue weighted by Gasteiger charge is -2.13. The molecule has 5 heteroatoms. The van der Waals surface area contributed by atoms with Crippen molar-refractivity contribution in [3.05, 3.63) is 78.0 Å². The molecule has 0 amide bonds. The van der Waals surface area contributed by atoms with Gasteiger partial charge < -0.3 is 9.13 Å². The molecule has 0 bridgehead atoms. The van der Waals surface area contributed by atoms with E-state index in [1.807, 2.05) is 24.5 Å². The Kier molecular flexibility index (Phi) is 5.02. The van der Waals surface area contributed by atoms with Crippen LogP contribution >= 0.6 is 0 Å². The number of benzene rings is 1. The number of fused-ring (bicyclic) bond motifs is 2. The molecule has 0 radical (unpaired) electrons. The van der Waals surface area contributed by atoms with Crippen LogP contribution in [0.3, 0.4) is 0 Å². The highest BCUT2D eigenvalue weighted by atomic mass is 15.2. The number of pyridine rings is 2. The number of nitrogens with zero attached hydrogens (tertiary/aromatic N) is 5. The van der Waals surface area contributed by atoms with Crippen molar-refractivity contribution in [2.75, 3.05) is 0 Å². The lowest BCUT2D eigenvalue weighted by molar-refractivity contribution is 0.671. The average molecular weight is 410 g/mol. The monoisotopic (exact) mass is 409 g/mol. The molecule has 5 aromatic rings. The molecule has 4 aromatic heterocycles. The van der Waals surface area contributed by atoms with Gasteiger partial charge in [0, 0.05) is 29.9 Å². The summed E-state index contributed by atoms with van der Waals surface area (Å²) in [6.07, 6.45) is 7.98. The Morgan fingerprint density at radius 3 is 2.45 bits per heavy atom. The van der Waals surface area contributed by atoms with Gasteiger partial charge in [0.2, 0.25) is 0 Å². The Balaban J connectivity index is 1.56. The van der Waals surface area contributed by atoms with E-state index in [1.165, 1.54) is 22.1 Å². The quantitative estimate of drug-likeness (QED) is 0.365. The highest BCUT2D eigenvalue weighted by Crippen LogP contribution is 2.30. The summed E-state index contributed by atoms with van der Waals surface area (Å²) >= 11 is 0. The molecule has 1 aromatic carbocycles. The Morgan fingerprint density at radius 2 is 1.71 bits per heavy atom. The van der Waals surface area contributed by atoms with Crippen LogP contribution in [-0.2, 0) is 25.9 Å². The van der Waals surface area contributed by atoms with E-state index in [9.17, 15) is 0 Å². The molecule has 4 heterocycles. The van der Waals surface area contributed by atoms with Crippen LogP contribution in [0.1, 0.15) is 37.7 Å². The second kappa shape index (κ2) is 7.99. The zero-order valence-electron chi connectivity index (χ0n) is 18.3. The summed E-state index contributed by atoms with van der Waals surface area (Å²) in [7, 11) is 0. The van der Waals surface area contributed by atoms with Crippen molar-refractivity contribution in [2.45, 2.75) is 46.7 Å². The van der Waals surface area contributed by atoms with Crippen LogP contribution in [0.2, 0.25) is 0 Å². The lowest BCUT2D eigenvalue weighted by Crippen LogP contribution is -2.07. The van der Waals surface area contributed by atoms with Gasteiger partial charge in [0.15, 0.2) is 5.65 Å². The van der Waals surface area contributed by atoms with E-state index >= 15 is 0 Å². The molecule has 0 aliphatic carbocycles. The summed E-state index contributed by atoms with van der Waals surface area (Å²) < 4.78 is 4.42. The van der Waals surface area contributed by atoms with Crippen LogP contribution in [0.5, 0.6) is 0 Å².